The third kappa shape index (κ3) is 6.13. The first-order chi connectivity index (χ1) is 13.8. The van der Waals surface area contributed by atoms with Gasteiger partial charge >= 0.3 is 5.97 Å². The maximum absolute atomic E-state index is 12.4. The van der Waals surface area contributed by atoms with Crippen LogP contribution in [0.5, 0.6) is 5.75 Å². The van der Waals surface area contributed by atoms with Crippen LogP contribution in [0.1, 0.15) is 23.6 Å². The van der Waals surface area contributed by atoms with E-state index in [0.717, 1.165) is 16.1 Å². The Bertz CT molecular complexity index is 918. The molecule has 0 radical (unpaired) electrons. The normalized spacial score (nSPS) is 12.3. The van der Waals surface area contributed by atoms with Gasteiger partial charge in [-0.25, -0.2) is 22.7 Å². The highest BCUT2D eigenvalue weighted by Crippen LogP contribution is 2.23. The number of ether oxygens (including phenoxy) is 3. The number of esters is 1. The van der Waals surface area contributed by atoms with Gasteiger partial charge < -0.3 is 14.2 Å². The summed E-state index contributed by atoms with van der Waals surface area (Å²) in [7, 11) is 0.689. The quantitative estimate of drug-likeness (QED) is 0.532. The van der Waals surface area contributed by atoms with Gasteiger partial charge in [0.25, 0.3) is 0 Å². The smallest absolute Gasteiger partial charge is 0.314 e. The molecule has 1 heterocycles. The van der Waals surface area contributed by atoms with Gasteiger partial charge in [0.05, 0.1) is 32.7 Å². The standard InChI is InChI=1S/C19H25N3O6S/c1-26-12-10-16(18(23)28-3)17-9-11-20-19(21-17)22(29(4,24)25)13-14-5-7-15(27-2)8-6-14/h5-9,11,16H,10,12-13H2,1-4H3. The fourth-order valence-corrected chi connectivity index (χ4v) is 3.44. The molecule has 2 rings (SSSR count). The Morgan fingerprint density at radius 1 is 1.14 bits per heavy atom. The Labute approximate surface area is 170 Å². The Morgan fingerprint density at radius 3 is 2.38 bits per heavy atom. The summed E-state index contributed by atoms with van der Waals surface area (Å²) in [5.74, 6) is -0.527. The average molecular weight is 423 g/mol. The molecule has 158 valence electrons. The molecule has 1 unspecified atom stereocenters. The average Bonchev–Trinajstić information content (AvgIpc) is 2.71. The summed E-state index contributed by atoms with van der Waals surface area (Å²) in [6.45, 7) is 0.355. The molecule has 0 spiro atoms. The molecular weight excluding hydrogens is 398 g/mol. The van der Waals surface area contributed by atoms with E-state index in [1.54, 1.807) is 37.4 Å². The number of nitrogens with zero attached hydrogens (tertiary/aromatic N) is 3. The zero-order chi connectivity index (χ0) is 21.4. The first-order valence-electron chi connectivity index (χ1n) is 8.80. The molecule has 0 amide bonds. The number of hydrogen-bond donors (Lipinski definition) is 0. The minimum atomic E-state index is -3.68. The van der Waals surface area contributed by atoms with Crippen molar-refractivity contribution in [2.75, 3.05) is 38.5 Å². The van der Waals surface area contributed by atoms with Crippen molar-refractivity contribution in [1.29, 1.82) is 0 Å². The zero-order valence-corrected chi connectivity index (χ0v) is 17.7. The minimum Gasteiger partial charge on any atom is -0.497 e. The molecule has 0 fully saturated rings. The minimum absolute atomic E-state index is 0.0212. The maximum atomic E-state index is 12.4. The van der Waals surface area contributed by atoms with Crippen molar-refractivity contribution in [3.05, 3.63) is 47.8 Å². The van der Waals surface area contributed by atoms with Gasteiger partial charge in [-0.2, -0.15) is 0 Å². The highest BCUT2D eigenvalue weighted by atomic mass is 32.2. The Kier molecular flexibility index (Phi) is 7.91. The fraction of sp³-hybridized carbons (Fsp3) is 0.421. The lowest BCUT2D eigenvalue weighted by Gasteiger charge is -2.22. The molecule has 10 heteroatoms. The SMILES string of the molecule is COCCC(C(=O)OC)c1ccnc(N(Cc2ccc(OC)cc2)S(C)(=O)=O)n1. The van der Waals surface area contributed by atoms with Gasteiger partial charge in [-0.05, 0) is 30.2 Å². The molecule has 1 aromatic heterocycles. The second-order valence-electron chi connectivity index (χ2n) is 6.26. The topological polar surface area (TPSA) is 108 Å². The lowest BCUT2D eigenvalue weighted by atomic mass is 10.0. The van der Waals surface area contributed by atoms with Crippen LogP contribution in [0.3, 0.4) is 0 Å². The molecule has 0 saturated carbocycles. The van der Waals surface area contributed by atoms with Crippen molar-refractivity contribution in [2.45, 2.75) is 18.9 Å². The van der Waals surface area contributed by atoms with E-state index in [0.29, 0.717) is 24.5 Å². The number of rotatable bonds is 10. The second-order valence-corrected chi connectivity index (χ2v) is 8.16. The zero-order valence-electron chi connectivity index (χ0n) is 16.9. The molecular formula is C19H25N3O6S. The molecule has 0 N–H and O–H groups in total. The first kappa shape index (κ1) is 22.6. The lowest BCUT2D eigenvalue weighted by molar-refractivity contribution is -0.143. The highest BCUT2D eigenvalue weighted by molar-refractivity contribution is 7.92. The summed E-state index contributed by atoms with van der Waals surface area (Å²) in [4.78, 5) is 20.6. The monoisotopic (exact) mass is 423 g/mol. The van der Waals surface area contributed by atoms with Gasteiger partial charge in [-0.3, -0.25) is 4.79 Å². The number of carbonyl (C=O) groups excluding carboxylic acids is 1. The first-order valence-corrected chi connectivity index (χ1v) is 10.6. The van der Waals surface area contributed by atoms with Crippen molar-refractivity contribution in [3.63, 3.8) is 0 Å². The maximum Gasteiger partial charge on any atom is 0.314 e. The summed E-state index contributed by atoms with van der Waals surface area (Å²) in [6, 6.07) is 8.57. The largest absolute Gasteiger partial charge is 0.497 e. The Hall–Kier alpha value is -2.72. The van der Waals surface area contributed by atoms with Gasteiger partial charge in [0.15, 0.2) is 0 Å². The fourth-order valence-electron chi connectivity index (χ4n) is 2.67. The van der Waals surface area contributed by atoms with Crippen LogP contribution in [-0.4, -0.2) is 58.5 Å². The predicted octanol–water partition coefficient (Wildman–Crippen LogP) is 1.74. The summed E-state index contributed by atoms with van der Waals surface area (Å²) in [6.07, 6.45) is 2.85. The lowest BCUT2D eigenvalue weighted by Crippen LogP contribution is -2.31. The second kappa shape index (κ2) is 10.2. The van der Waals surface area contributed by atoms with E-state index in [1.165, 1.54) is 20.4 Å². The Morgan fingerprint density at radius 2 is 1.83 bits per heavy atom. The number of aromatic nitrogens is 2. The Balaban J connectivity index is 2.38. The van der Waals surface area contributed by atoms with E-state index in [1.807, 2.05) is 0 Å². The summed E-state index contributed by atoms with van der Waals surface area (Å²) >= 11 is 0. The van der Waals surface area contributed by atoms with E-state index in [2.05, 4.69) is 9.97 Å². The third-order valence-electron chi connectivity index (χ3n) is 4.23. The number of sulfonamides is 1. The molecule has 0 saturated heterocycles. The number of benzene rings is 1. The van der Waals surface area contributed by atoms with Crippen LogP contribution in [0.2, 0.25) is 0 Å². The van der Waals surface area contributed by atoms with Crippen LogP contribution in [-0.2, 0) is 30.8 Å². The van der Waals surface area contributed by atoms with E-state index in [4.69, 9.17) is 14.2 Å². The molecule has 0 aliphatic heterocycles. The number of carbonyl (C=O) groups is 1. The van der Waals surface area contributed by atoms with Crippen LogP contribution >= 0.6 is 0 Å². The number of anilines is 1. The summed E-state index contributed by atoms with van der Waals surface area (Å²) < 4.78 is 40.9. The summed E-state index contributed by atoms with van der Waals surface area (Å²) in [5, 5.41) is 0. The van der Waals surface area contributed by atoms with Crippen LogP contribution in [0.15, 0.2) is 36.5 Å². The van der Waals surface area contributed by atoms with Crippen molar-refractivity contribution in [2.24, 2.45) is 0 Å². The molecule has 0 bridgehead atoms. The molecule has 0 aliphatic rings. The van der Waals surface area contributed by atoms with E-state index in [-0.39, 0.29) is 12.5 Å². The van der Waals surface area contributed by atoms with Gasteiger partial charge in [-0.1, -0.05) is 12.1 Å². The summed E-state index contributed by atoms with van der Waals surface area (Å²) in [5.41, 5.74) is 1.09. The van der Waals surface area contributed by atoms with E-state index in [9.17, 15) is 13.2 Å². The van der Waals surface area contributed by atoms with Crippen LogP contribution in [0.25, 0.3) is 0 Å². The van der Waals surface area contributed by atoms with Crippen LogP contribution in [0.4, 0.5) is 5.95 Å². The predicted molar refractivity (Wildman–Crippen MR) is 107 cm³/mol. The molecule has 0 aliphatic carbocycles. The van der Waals surface area contributed by atoms with Crippen molar-refractivity contribution in [3.8, 4) is 5.75 Å². The van der Waals surface area contributed by atoms with Crippen LogP contribution < -0.4 is 9.04 Å². The molecule has 9 nitrogen and oxygen atoms in total. The number of methoxy groups -OCH3 is 3. The van der Waals surface area contributed by atoms with Gasteiger partial charge in [-0.15, -0.1) is 0 Å². The van der Waals surface area contributed by atoms with Crippen molar-refractivity contribution in [1.82, 2.24) is 9.97 Å². The molecule has 1 aromatic carbocycles. The third-order valence-corrected chi connectivity index (χ3v) is 5.32. The number of hydrogen-bond acceptors (Lipinski definition) is 8. The van der Waals surface area contributed by atoms with Gasteiger partial charge in [0, 0.05) is 19.9 Å². The molecule has 2 aromatic rings. The van der Waals surface area contributed by atoms with Gasteiger partial charge in [0.1, 0.15) is 11.7 Å². The van der Waals surface area contributed by atoms with Crippen molar-refractivity contribution >= 4 is 21.9 Å². The van der Waals surface area contributed by atoms with E-state index >= 15 is 0 Å². The van der Waals surface area contributed by atoms with Crippen LogP contribution in [0, 0.1) is 0 Å². The van der Waals surface area contributed by atoms with E-state index < -0.39 is 21.9 Å². The van der Waals surface area contributed by atoms with Crippen molar-refractivity contribution < 1.29 is 27.4 Å². The highest BCUT2D eigenvalue weighted by Gasteiger charge is 2.26. The molecule has 29 heavy (non-hydrogen) atoms. The molecule has 1 atom stereocenters. The van der Waals surface area contributed by atoms with Gasteiger partial charge in [0.2, 0.25) is 16.0 Å².